The van der Waals surface area contributed by atoms with Gasteiger partial charge in [0.2, 0.25) is 23.7 Å². The van der Waals surface area contributed by atoms with E-state index < -0.39 is 53.1 Å². The van der Waals surface area contributed by atoms with Gasteiger partial charge in [0.1, 0.15) is 17.8 Å². The molecule has 48 heavy (non-hydrogen) atoms. The molecule has 0 fully saturated rings. The molecule has 0 unspecified atom stereocenters. The third kappa shape index (κ3) is 11.8. The number of aryl methyl sites for hydroxylation is 1. The molecule has 3 amide bonds. The molecule has 2 aromatic carbocycles. The first-order valence-electron chi connectivity index (χ1n) is 16.1. The van der Waals surface area contributed by atoms with Crippen molar-refractivity contribution in [3.8, 4) is 11.5 Å². The van der Waals surface area contributed by atoms with Gasteiger partial charge >= 0.3 is 0 Å². The van der Waals surface area contributed by atoms with Gasteiger partial charge < -0.3 is 31.1 Å². The first-order valence-corrected chi connectivity index (χ1v) is 16.1. The van der Waals surface area contributed by atoms with Crippen LogP contribution in [0.2, 0.25) is 0 Å². The number of carbonyl (C=O) groups excluding carboxylic acids is 3. The summed E-state index contributed by atoms with van der Waals surface area (Å²) in [5.74, 6) is -4.55. The molecule has 0 radical (unpaired) electrons. The number of rotatable bonds is 18. The molecule has 1 aromatic heterocycles. The summed E-state index contributed by atoms with van der Waals surface area (Å²) < 4.78 is 33.6. The molecule has 3 rings (SSSR count). The maximum absolute atomic E-state index is 13.8. The van der Waals surface area contributed by atoms with Crippen LogP contribution in [0.3, 0.4) is 0 Å². The Hall–Kier alpha value is -4.81. The van der Waals surface area contributed by atoms with E-state index in [1.165, 1.54) is 12.4 Å². The average molecular weight is 669 g/mol. The van der Waals surface area contributed by atoms with E-state index in [1.807, 2.05) is 24.3 Å². The lowest BCUT2D eigenvalue weighted by Crippen LogP contribution is -2.57. The number of hydrogen-bond donors (Lipinski definition) is 5. The van der Waals surface area contributed by atoms with Crippen LogP contribution in [-0.2, 0) is 27.2 Å². The zero-order chi connectivity index (χ0) is 35.2. The van der Waals surface area contributed by atoms with Crippen LogP contribution in [0.4, 0.5) is 14.7 Å². The number of nitrogens with zero attached hydrogens (tertiary/aromatic N) is 2. The summed E-state index contributed by atoms with van der Waals surface area (Å²) in [6, 6.07) is 9.29. The largest absolute Gasteiger partial charge is 0.503 e. The Morgan fingerprint density at radius 2 is 1.56 bits per heavy atom. The number of carbonyl (C=O) groups is 3. The molecule has 0 spiro atoms. The summed E-state index contributed by atoms with van der Waals surface area (Å²) in [5, 5.41) is 20.7. The maximum Gasteiger partial charge on any atom is 0.244 e. The predicted molar refractivity (Wildman–Crippen MR) is 178 cm³/mol. The number of amides is 3. The van der Waals surface area contributed by atoms with Crippen molar-refractivity contribution in [3.63, 3.8) is 0 Å². The van der Waals surface area contributed by atoms with Crippen molar-refractivity contribution in [2.75, 3.05) is 25.0 Å². The van der Waals surface area contributed by atoms with E-state index in [0.29, 0.717) is 31.9 Å². The number of para-hydroxylation sites is 1. The zero-order valence-corrected chi connectivity index (χ0v) is 28.1. The SMILES string of the molecule is CC(C)COc1ccccc1CCCNC(=O)[C@H](CNc1ncccn1)NC(=O)[C@H](NC(=O)[C@H](C)Cc1cc(F)c(O)c(F)c1)C(C)C. The van der Waals surface area contributed by atoms with Crippen molar-refractivity contribution in [2.45, 2.75) is 66.0 Å². The third-order valence-electron chi connectivity index (χ3n) is 7.44. The second-order valence-corrected chi connectivity index (χ2v) is 12.5. The van der Waals surface area contributed by atoms with Gasteiger partial charge in [-0.15, -0.1) is 0 Å². The number of halogens is 2. The van der Waals surface area contributed by atoms with E-state index in [9.17, 15) is 28.3 Å². The van der Waals surface area contributed by atoms with E-state index in [4.69, 9.17) is 4.74 Å². The molecule has 0 aliphatic heterocycles. The van der Waals surface area contributed by atoms with Gasteiger partial charge in [0.15, 0.2) is 17.4 Å². The van der Waals surface area contributed by atoms with Gasteiger partial charge in [-0.25, -0.2) is 18.7 Å². The topological polar surface area (TPSA) is 155 Å². The number of hydrogen-bond acceptors (Lipinski definition) is 8. The minimum atomic E-state index is -1.13. The Morgan fingerprint density at radius 3 is 2.21 bits per heavy atom. The lowest BCUT2D eigenvalue weighted by Gasteiger charge is -2.26. The van der Waals surface area contributed by atoms with Crippen LogP contribution in [0, 0.1) is 29.4 Å². The first-order chi connectivity index (χ1) is 22.8. The molecule has 5 N–H and O–H groups in total. The Bertz CT molecular complexity index is 1480. The molecule has 11 nitrogen and oxygen atoms in total. The Labute approximate surface area is 280 Å². The monoisotopic (exact) mass is 668 g/mol. The Morgan fingerprint density at radius 1 is 0.896 bits per heavy atom. The maximum atomic E-state index is 13.8. The summed E-state index contributed by atoms with van der Waals surface area (Å²) in [4.78, 5) is 48.2. The molecule has 0 bridgehead atoms. The van der Waals surface area contributed by atoms with Crippen molar-refractivity contribution < 1.29 is 33.0 Å². The fourth-order valence-electron chi connectivity index (χ4n) is 4.79. The van der Waals surface area contributed by atoms with Crippen molar-refractivity contribution >= 4 is 23.7 Å². The number of benzene rings is 2. The molecule has 260 valence electrons. The molecule has 0 saturated heterocycles. The van der Waals surface area contributed by atoms with E-state index in [2.05, 4.69) is 45.1 Å². The van der Waals surface area contributed by atoms with Crippen LogP contribution in [0.1, 0.15) is 52.2 Å². The van der Waals surface area contributed by atoms with Gasteiger partial charge in [0.25, 0.3) is 0 Å². The van der Waals surface area contributed by atoms with Crippen molar-refractivity contribution in [3.05, 3.63) is 77.6 Å². The number of phenols is 1. The second kappa shape index (κ2) is 18.5. The predicted octanol–water partition coefficient (Wildman–Crippen LogP) is 4.16. The number of aromatic hydroxyl groups is 1. The van der Waals surface area contributed by atoms with E-state index in [0.717, 1.165) is 23.4 Å². The Kier molecular flexibility index (Phi) is 14.5. The highest BCUT2D eigenvalue weighted by Gasteiger charge is 2.30. The molecule has 13 heteroatoms. The molecular weight excluding hydrogens is 622 g/mol. The quantitative estimate of drug-likeness (QED) is 0.127. The van der Waals surface area contributed by atoms with Gasteiger partial charge in [0, 0.05) is 31.4 Å². The van der Waals surface area contributed by atoms with Crippen LogP contribution in [0.25, 0.3) is 0 Å². The highest BCUT2D eigenvalue weighted by atomic mass is 19.1. The summed E-state index contributed by atoms with van der Waals surface area (Å²) in [7, 11) is 0. The van der Waals surface area contributed by atoms with E-state index in [-0.39, 0.29) is 30.4 Å². The highest BCUT2D eigenvalue weighted by Crippen LogP contribution is 2.23. The number of phenolic OH excluding ortho intramolecular Hbond substituents is 1. The number of nitrogens with one attached hydrogen (secondary N) is 4. The molecule has 0 aliphatic rings. The summed E-state index contributed by atoms with van der Waals surface area (Å²) in [5.41, 5.74) is 1.21. The van der Waals surface area contributed by atoms with E-state index in [1.54, 1.807) is 26.8 Å². The van der Waals surface area contributed by atoms with E-state index >= 15 is 0 Å². The number of aromatic nitrogens is 2. The van der Waals surface area contributed by atoms with Crippen LogP contribution in [-0.4, -0.2) is 64.6 Å². The van der Waals surface area contributed by atoms with Gasteiger partial charge in [-0.05, 0) is 66.5 Å². The second-order valence-electron chi connectivity index (χ2n) is 12.5. The molecule has 0 saturated carbocycles. The van der Waals surface area contributed by atoms with Crippen molar-refractivity contribution in [1.82, 2.24) is 25.9 Å². The fraction of sp³-hybridized carbons (Fsp3) is 0.457. The Balaban J connectivity index is 1.64. The standard InChI is InChI=1S/C35H46F2N6O5/c1-21(2)20-48-29-12-7-6-10-25(29)11-8-13-38-33(46)28(19-41-35-39-14-9-15-40-35)42-34(47)30(22(3)4)43-32(45)23(5)16-24-17-26(36)31(44)27(37)18-24/h6-7,9-10,12,14-15,17-18,21-23,28,30,44H,8,11,13,16,19-20H2,1-5H3,(H,38,46)(H,42,47)(H,43,45)(H,39,40,41)/t23-,28+,30-/m1/s1. The minimum Gasteiger partial charge on any atom is -0.503 e. The van der Waals surface area contributed by atoms with Gasteiger partial charge in [-0.2, -0.15) is 0 Å². The number of ether oxygens (including phenoxy) is 1. The molecule has 1 heterocycles. The summed E-state index contributed by atoms with van der Waals surface area (Å²) >= 11 is 0. The summed E-state index contributed by atoms with van der Waals surface area (Å²) in [6.07, 6.45) is 4.34. The van der Waals surface area contributed by atoms with Crippen LogP contribution >= 0.6 is 0 Å². The normalized spacial score (nSPS) is 13.0. The summed E-state index contributed by atoms with van der Waals surface area (Å²) in [6.45, 7) is 10.1. The van der Waals surface area contributed by atoms with Crippen molar-refractivity contribution in [1.29, 1.82) is 0 Å². The van der Waals surface area contributed by atoms with Crippen LogP contribution < -0.4 is 26.0 Å². The molecule has 3 aromatic rings. The minimum absolute atomic E-state index is 0.0272. The third-order valence-corrected chi connectivity index (χ3v) is 7.44. The average Bonchev–Trinajstić information content (AvgIpc) is 3.05. The van der Waals surface area contributed by atoms with Gasteiger partial charge in [0.05, 0.1) is 6.61 Å². The first kappa shape index (κ1) is 37.6. The lowest BCUT2D eigenvalue weighted by atomic mass is 9.97. The van der Waals surface area contributed by atoms with Crippen LogP contribution in [0.15, 0.2) is 54.9 Å². The van der Waals surface area contributed by atoms with Gasteiger partial charge in [-0.3, -0.25) is 14.4 Å². The van der Waals surface area contributed by atoms with Crippen molar-refractivity contribution in [2.24, 2.45) is 17.8 Å². The molecule has 0 aliphatic carbocycles. The molecule has 3 atom stereocenters. The fourth-order valence-corrected chi connectivity index (χ4v) is 4.79. The number of anilines is 1. The lowest BCUT2D eigenvalue weighted by molar-refractivity contribution is -0.133. The zero-order valence-electron chi connectivity index (χ0n) is 28.1. The van der Waals surface area contributed by atoms with Crippen LogP contribution in [0.5, 0.6) is 11.5 Å². The van der Waals surface area contributed by atoms with Gasteiger partial charge in [-0.1, -0.05) is 52.8 Å². The highest BCUT2D eigenvalue weighted by molar-refractivity contribution is 5.92. The molecular formula is C35H46F2N6O5. The smallest absolute Gasteiger partial charge is 0.244 e.